The molecule has 1 aliphatic rings. The highest BCUT2D eigenvalue weighted by Crippen LogP contribution is 2.48. The lowest BCUT2D eigenvalue weighted by Gasteiger charge is -2.10. The monoisotopic (exact) mass is 173 g/mol. The zero-order chi connectivity index (χ0) is 8.16. The molecule has 0 atom stereocenters. The van der Waals surface area contributed by atoms with Crippen LogP contribution in [0, 0.1) is 5.41 Å². The van der Waals surface area contributed by atoms with E-state index in [1.54, 1.807) is 0 Å². The van der Waals surface area contributed by atoms with Crippen molar-refractivity contribution in [3.63, 3.8) is 0 Å². The third-order valence-corrected chi connectivity index (χ3v) is 3.71. The van der Waals surface area contributed by atoms with Gasteiger partial charge in [0.25, 0.3) is 0 Å². The fourth-order valence-electron chi connectivity index (χ4n) is 1.27. The Balaban J connectivity index is 1.94. The summed E-state index contributed by atoms with van der Waals surface area (Å²) in [5.41, 5.74) is 6.27. The molecule has 0 bridgehead atoms. The Labute approximate surface area is 74.1 Å². The molecule has 0 unspecified atom stereocenters. The summed E-state index contributed by atoms with van der Waals surface area (Å²) in [5, 5.41) is 0. The minimum Gasteiger partial charge on any atom is -0.330 e. The van der Waals surface area contributed by atoms with Gasteiger partial charge >= 0.3 is 0 Å². The van der Waals surface area contributed by atoms with E-state index in [1.165, 1.54) is 37.2 Å². The first kappa shape index (κ1) is 9.40. The van der Waals surface area contributed by atoms with E-state index in [1.807, 2.05) is 0 Å². The second kappa shape index (κ2) is 4.36. The molecule has 1 nitrogen and oxygen atoms in total. The molecule has 0 saturated heterocycles. The molecule has 0 radical (unpaired) electrons. The highest BCUT2D eigenvalue weighted by molar-refractivity contribution is 7.99. The molecule has 0 aromatic carbocycles. The maximum absolute atomic E-state index is 5.67. The fraction of sp³-hybridized carbons (Fsp3) is 1.00. The van der Waals surface area contributed by atoms with Gasteiger partial charge in [-0.2, -0.15) is 11.8 Å². The van der Waals surface area contributed by atoms with Crippen LogP contribution in [0.4, 0.5) is 0 Å². The lowest BCUT2D eigenvalue weighted by Crippen LogP contribution is -2.15. The van der Waals surface area contributed by atoms with Gasteiger partial charge in [-0.25, -0.2) is 0 Å². The van der Waals surface area contributed by atoms with E-state index in [2.05, 4.69) is 18.7 Å². The van der Waals surface area contributed by atoms with Crippen molar-refractivity contribution in [2.75, 3.05) is 18.1 Å². The van der Waals surface area contributed by atoms with Gasteiger partial charge in [0.15, 0.2) is 0 Å². The summed E-state index contributed by atoms with van der Waals surface area (Å²) in [7, 11) is 0. The average molecular weight is 173 g/mol. The Hall–Kier alpha value is 0.310. The Morgan fingerprint density at radius 1 is 1.36 bits per heavy atom. The van der Waals surface area contributed by atoms with Crippen molar-refractivity contribution in [3.05, 3.63) is 0 Å². The fourth-order valence-corrected chi connectivity index (χ4v) is 2.34. The van der Waals surface area contributed by atoms with Crippen molar-refractivity contribution >= 4 is 11.8 Å². The Kier molecular flexibility index (Phi) is 3.73. The lowest BCUT2D eigenvalue weighted by molar-refractivity contribution is 0.509. The Morgan fingerprint density at radius 2 is 2.09 bits per heavy atom. The molecule has 0 aromatic heterocycles. The first-order valence-corrected chi connectivity index (χ1v) is 5.76. The van der Waals surface area contributed by atoms with Crippen molar-refractivity contribution in [3.8, 4) is 0 Å². The molecular formula is C9H19NS. The zero-order valence-corrected chi connectivity index (χ0v) is 8.25. The molecule has 1 fully saturated rings. The molecule has 1 aliphatic carbocycles. The number of hydrogen-bond acceptors (Lipinski definition) is 2. The van der Waals surface area contributed by atoms with Crippen LogP contribution >= 0.6 is 11.8 Å². The van der Waals surface area contributed by atoms with Crippen LogP contribution in [0.1, 0.15) is 32.6 Å². The minimum absolute atomic E-state index is 0.598. The zero-order valence-electron chi connectivity index (χ0n) is 7.44. The highest BCUT2D eigenvalue weighted by Gasteiger charge is 2.40. The van der Waals surface area contributed by atoms with Crippen LogP contribution < -0.4 is 5.73 Å². The van der Waals surface area contributed by atoms with Crippen molar-refractivity contribution < 1.29 is 0 Å². The van der Waals surface area contributed by atoms with E-state index in [4.69, 9.17) is 5.73 Å². The molecule has 0 aliphatic heterocycles. The topological polar surface area (TPSA) is 26.0 Å². The van der Waals surface area contributed by atoms with Crippen LogP contribution in [0.5, 0.6) is 0 Å². The minimum atomic E-state index is 0.598. The van der Waals surface area contributed by atoms with Gasteiger partial charge in [-0.05, 0) is 49.1 Å². The smallest absolute Gasteiger partial charge is 0.00202 e. The van der Waals surface area contributed by atoms with Gasteiger partial charge < -0.3 is 5.73 Å². The van der Waals surface area contributed by atoms with Crippen LogP contribution in [0.25, 0.3) is 0 Å². The van der Waals surface area contributed by atoms with E-state index in [9.17, 15) is 0 Å². The number of nitrogens with two attached hydrogens (primary N) is 1. The van der Waals surface area contributed by atoms with Gasteiger partial charge in [0, 0.05) is 0 Å². The van der Waals surface area contributed by atoms with E-state index < -0.39 is 0 Å². The van der Waals surface area contributed by atoms with Crippen LogP contribution in [0.2, 0.25) is 0 Å². The molecule has 0 heterocycles. The number of thioether (sulfide) groups is 1. The summed E-state index contributed by atoms with van der Waals surface area (Å²) in [4.78, 5) is 0. The molecular weight excluding hydrogens is 154 g/mol. The maximum atomic E-state index is 5.67. The van der Waals surface area contributed by atoms with Crippen molar-refractivity contribution in [1.29, 1.82) is 0 Å². The summed E-state index contributed by atoms with van der Waals surface area (Å²) in [6, 6.07) is 0. The summed E-state index contributed by atoms with van der Waals surface area (Å²) in [6.07, 6.45) is 5.43. The summed E-state index contributed by atoms with van der Waals surface area (Å²) >= 11 is 2.08. The molecule has 2 N–H and O–H groups in total. The van der Waals surface area contributed by atoms with E-state index in [0.717, 1.165) is 6.54 Å². The van der Waals surface area contributed by atoms with Crippen molar-refractivity contribution in [2.45, 2.75) is 32.6 Å². The summed E-state index contributed by atoms with van der Waals surface area (Å²) in [5.74, 6) is 2.64. The van der Waals surface area contributed by atoms with Crippen molar-refractivity contribution in [2.24, 2.45) is 11.1 Å². The van der Waals surface area contributed by atoms with Crippen LogP contribution in [-0.2, 0) is 0 Å². The van der Waals surface area contributed by atoms with Crippen LogP contribution in [0.3, 0.4) is 0 Å². The molecule has 66 valence electrons. The molecule has 2 heteroatoms. The molecule has 11 heavy (non-hydrogen) atoms. The highest BCUT2D eigenvalue weighted by atomic mass is 32.2. The standard InChI is InChI=1S/C9H19NS/c1-2-6-11-7-5-9(8-10)3-4-9/h2-8,10H2,1H3. The van der Waals surface area contributed by atoms with E-state index in [0.29, 0.717) is 5.41 Å². The van der Waals surface area contributed by atoms with E-state index in [-0.39, 0.29) is 0 Å². The molecule has 0 spiro atoms. The van der Waals surface area contributed by atoms with Gasteiger partial charge in [-0.1, -0.05) is 6.92 Å². The number of hydrogen-bond donors (Lipinski definition) is 1. The predicted molar refractivity (Wildman–Crippen MR) is 53.0 cm³/mol. The lowest BCUT2D eigenvalue weighted by atomic mass is 10.1. The van der Waals surface area contributed by atoms with Gasteiger partial charge in [0.2, 0.25) is 0 Å². The van der Waals surface area contributed by atoms with E-state index >= 15 is 0 Å². The largest absolute Gasteiger partial charge is 0.330 e. The molecule has 1 saturated carbocycles. The van der Waals surface area contributed by atoms with Crippen LogP contribution in [0.15, 0.2) is 0 Å². The molecule has 1 rings (SSSR count). The summed E-state index contributed by atoms with van der Waals surface area (Å²) in [6.45, 7) is 3.16. The SMILES string of the molecule is CCCSCCC1(CN)CC1. The predicted octanol–water partition coefficient (Wildman–Crippen LogP) is 2.26. The third-order valence-electron chi connectivity index (χ3n) is 2.52. The van der Waals surface area contributed by atoms with Gasteiger partial charge in [-0.15, -0.1) is 0 Å². The first-order valence-electron chi connectivity index (χ1n) is 4.61. The number of rotatable bonds is 6. The third kappa shape index (κ3) is 3.04. The van der Waals surface area contributed by atoms with Gasteiger partial charge in [0.1, 0.15) is 0 Å². The normalized spacial score (nSPS) is 20.2. The average Bonchev–Trinajstić information content (AvgIpc) is 2.80. The molecule has 0 amide bonds. The van der Waals surface area contributed by atoms with Crippen molar-refractivity contribution in [1.82, 2.24) is 0 Å². The maximum Gasteiger partial charge on any atom is -0.00202 e. The quantitative estimate of drug-likeness (QED) is 0.623. The molecule has 0 aromatic rings. The second-order valence-corrected chi connectivity index (χ2v) is 4.79. The van der Waals surface area contributed by atoms with Gasteiger partial charge in [-0.3, -0.25) is 0 Å². The van der Waals surface area contributed by atoms with Gasteiger partial charge in [0.05, 0.1) is 0 Å². The summed E-state index contributed by atoms with van der Waals surface area (Å²) < 4.78 is 0. The Bertz CT molecular complexity index is 110. The Morgan fingerprint density at radius 3 is 2.55 bits per heavy atom. The van der Waals surface area contributed by atoms with Crippen LogP contribution in [-0.4, -0.2) is 18.1 Å². The first-order chi connectivity index (χ1) is 5.33. The second-order valence-electron chi connectivity index (χ2n) is 3.57.